The van der Waals surface area contributed by atoms with E-state index in [1.165, 1.54) is 18.4 Å². The van der Waals surface area contributed by atoms with E-state index in [-0.39, 0.29) is 0 Å². The second-order valence-corrected chi connectivity index (χ2v) is 4.98. The highest BCUT2D eigenvalue weighted by Crippen LogP contribution is 2.33. The van der Waals surface area contributed by atoms with Gasteiger partial charge in [-0.2, -0.15) is 0 Å². The van der Waals surface area contributed by atoms with Crippen molar-refractivity contribution < 1.29 is 4.74 Å². The standard InChI is InChI=1S/C17H29NO/c1-5-13-18-17(14(6-2)7-3)15-11-9-10-12-16(15)19-8-4/h9-12,14,17-18H,5-8,13H2,1-4H3. The van der Waals surface area contributed by atoms with Gasteiger partial charge in [-0.05, 0) is 31.9 Å². The molecular weight excluding hydrogens is 234 g/mol. The van der Waals surface area contributed by atoms with Gasteiger partial charge in [-0.1, -0.05) is 51.8 Å². The average molecular weight is 263 g/mol. The summed E-state index contributed by atoms with van der Waals surface area (Å²) in [7, 11) is 0. The predicted molar refractivity (Wildman–Crippen MR) is 82.7 cm³/mol. The van der Waals surface area contributed by atoms with Crippen LogP contribution in [-0.2, 0) is 0 Å². The van der Waals surface area contributed by atoms with Crippen LogP contribution in [0.1, 0.15) is 58.6 Å². The Bertz CT molecular complexity index is 347. The van der Waals surface area contributed by atoms with E-state index in [1.807, 2.05) is 6.92 Å². The Hall–Kier alpha value is -1.02. The van der Waals surface area contributed by atoms with Crippen LogP contribution in [0.4, 0.5) is 0 Å². The van der Waals surface area contributed by atoms with Gasteiger partial charge in [0.1, 0.15) is 5.75 Å². The summed E-state index contributed by atoms with van der Waals surface area (Å²) in [4.78, 5) is 0. The van der Waals surface area contributed by atoms with Gasteiger partial charge in [0.25, 0.3) is 0 Å². The van der Waals surface area contributed by atoms with Crippen molar-refractivity contribution in [3.8, 4) is 5.75 Å². The van der Waals surface area contributed by atoms with Gasteiger partial charge in [0.05, 0.1) is 6.61 Å². The van der Waals surface area contributed by atoms with Crippen LogP contribution in [0.25, 0.3) is 0 Å². The van der Waals surface area contributed by atoms with E-state index in [9.17, 15) is 0 Å². The molecule has 0 radical (unpaired) electrons. The molecule has 1 unspecified atom stereocenters. The van der Waals surface area contributed by atoms with Crippen LogP contribution in [-0.4, -0.2) is 13.2 Å². The van der Waals surface area contributed by atoms with Crippen molar-refractivity contribution in [1.29, 1.82) is 0 Å². The summed E-state index contributed by atoms with van der Waals surface area (Å²) in [6.45, 7) is 10.6. The lowest BCUT2D eigenvalue weighted by Crippen LogP contribution is -2.29. The van der Waals surface area contributed by atoms with E-state index in [4.69, 9.17) is 4.74 Å². The Morgan fingerprint density at radius 3 is 2.32 bits per heavy atom. The maximum Gasteiger partial charge on any atom is 0.124 e. The highest BCUT2D eigenvalue weighted by atomic mass is 16.5. The van der Waals surface area contributed by atoms with Gasteiger partial charge < -0.3 is 10.1 Å². The van der Waals surface area contributed by atoms with Crippen molar-refractivity contribution in [2.75, 3.05) is 13.2 Å². The van der Waals surface area contributed by atoms with Crippen LogP contribution in [0, 0.1) is 5.92 Å². The van der Waals surface area contributed by atoms with E-state index in [0.29, 0.717) is 12.0 Å². The van der Waals surface area contributed by atoms with Crippen LogP contribution >= 0.6 is 0 Å². The normalized spacial score (nSPS) is 12.7. The topological polar surface area (TPSA) is 21.3 Å². The van der Waals surface area contributed by atoms with Gasteiger partial charge in [-0.3, -0.25) is 0 Å². The molecule has 0 aliphatic heterocycles. The molecule has 1 aromatic rings. The molecule has 0 aliphatic rings. The fourth-order valence-corrected chi connectivity index (χ4v) is 2.61. The lowest BCUT2D eigenvalue weighted by Gasteiger charge is -2.28. The van der Waals surface area contributed by atoms with Crippen molar-refractivity contribution >= 4 is 0 Å². The minimum absolute atomic E-state index is 0.401. The summed E-state index contributed by atoms with van der Waals surface area (Å²) < 4.78 is 5.80. The lowest BCUT2D eigenvalue weighted by molar-refractivity contribution is 0.304. The Balaban J connectivity index is 3.01. The summed E-state index contributed by atoms with van der Waals surface area (Å²) in [5.74, 6) is 1.69. The van der Waals surface area contributed by atoms with Gasteiger partial charge in [-0.25, -0.2) is 0 Å². The maximum absolute atomic E-state index is 5.80. The third-order valence-electron chi connectivity index (χ3n) is 3.69. The quantitative estimate of drug-likeness (QED) is 0.705. The van der Waals surface area contributed by atoms with E-state index >= 15 is 0 Å². The Morgan fingerprint density at radius 2 is 1.74 bits per heavy atom. The monoisotopic (exact) mass is 263 g/mol. The first-order chi connectivity index (χ1) is 9.28. The van der Waals surface area contributed by atoms with E-state index < -0.39 is 0 Å². The first kappa shape index (κ1) is 16.0. The summed E-state index contributed by atoms with van der Waals surface area (Å²) in [5, 5.41) is 3.71. The number of rotatable bonds is 9. The minimum Gasteiger partial charge on any atom is -0.494 e. The average Bonchev–Trinajstić information content (AvgIpc) is 2.45. The predicted octanol–water partition coefficient (Wildman–Crippen LogP) is 4.56. The number of hydrogen-bond acceptors (Lipinski definition) is 2. The van der Waals surface area contributed by atoms with Crippen LogP contribution in [0.15, 0.2) is 24.3 Å². The molecule has 1 rings (SSSR count). The zero-order valence-electron chi connectivity index (χ0n) is 12.9. The molecule has 108 valence electrons. The van der Waals surface area contributed by atoms with E-state index in [2.05, 4.69) is 50.4 Å². The molecule has 0 bridgehead atoms. The summed E-state index contributed by atoms with van der Waals surface area (Å²) in [5.41, 5.74) is 1.31. The molecule has 1 aromatic carbocycles. The molecule has 0 fully saturated rings. The van der Waals surface area contributed by atoms with Gasteiger partial charge >= 0.3 is 0 Å². The number of para-hydroxylation sites is 1. The zero-order chi connectivity index (χ0) is 14.1. The maximum atomic E-state index is 5.80. The third-order valence-corrected chi connectivity index (χ3v) is 3.69. The van der Waals surface area contributed by atoms with E-state index in [1.54, 1.807) is 0 Å². The van der Waals surface area contributed by atoms with Crippen molar-refractivity contribution in [3.63, 3.8) is 0 Å². The zero-order valence-corrected chi connectivity index (χ0v) is 12.9. The smallest absolute Gasteiger partial charge is 0.124 e. The highest BCUT2D eigenvalue weighted by molar-refractivity contribution is 5.36. The van der Waals surface area contributed by atoms with Gasteiger partial charge in [0.2, 0.25) is 0 Å². The number of ether oxygens (including phenoxy) is 1. The van der Waals surface area contributed by atoms with Crippen LogP contribution < -0.4 is 10.1 Å². The van der Waals surface area contributed by atoms with E-state index in [0.717, 1.165) is 25.3 Å². The molecule has 0 aliphatic carbocycles. The number of hydrogen-bond donors (Lipinski definition) is 1. The SMILES string of the molecule is CCCNC(c1ccccc1OCC)C(CC)CC. The molecule has 19 heavy (non-hydrogen) atoms. The lowest BCUT2D eigenvalue weighted by atomic mass is 9.88. The molecule has 1 N–H and O–H groups in total. The molecule has 2 nitrogen and oxygen atoms in total. The molecular formula is C17H29NO. The van der Waals surface area contributed by atoms with Gasteiger partial charge in [-0.15, -0.1) is 0 Å². The molecule has 0 saturated carbocycles. The molecule has 0 aromatic heterocycles. The molecule has 1 atom stereocenters. The summed E-state index contributed by atoms with van der Waals surface area (Å²) in [6.07, 6.45) is 3.55. The van der Waals surface area contributed by atoms with Crippen LogP contribution in [0.5, 0.6) is 5.75 Å². The fraction of sp³-hybridized carbons (Fsp3) is 0.647. The minimum atomic E-state index is 0.401. The number of nitrogens with one attached hydrogen (secondary N) is 1. The van der Waals surface area contributed by atoms with Gasteiger partial charge in [0.15, 0.2) is 0 Å². The second kappa shape index (κ2) is 8.98. The summed E-state index contributed by atoms with van der Waals surface area (Å²) in [6, 6.07) is 8.86. The first-order valence-electron chi connectivity index (χ1n) is 7.73. The number of benzene rings is 1. The first-order valence-corrected chi connectivity index (χ1v) is 7.73. The van der Waals surface area contributed by atoms with Gasteiger partial charge in [0, 0.05) is 11.6 Å². The second-order valence-electron chi connectivity index (χ2n) is 4.98. The van der Waals surface area contributed by atoms with Crippen LogP contribution in [0.2, 0.25) is 0 Å². The van der Waals surface area contributed by atoms with Crippen molar-refractivity contribution in [2.24, 2.45) is 5.92 Å². The highest BCUT2D eigenvalue weighted by Gasteiger charge is 2.22. The van der Waals surface area contributed by atoms with Crippen molar-refractivity contribution in [3.05, 3.63) is 29.8 Å². The molecule has 0 amide bonds. The summed E-state index contributed by atoms with van der Waals surface area (Å²) >= 11 is 0. The molecule has 2 heteroatoms. The van der Waals surface area contributed by atoms with Crippen LogP contribution in [0.3, 0.4) is 0 Å². The Kier molecular flexibility index (Phi) is 7.57. The third kappa shape index (κ3) is 4.54. The van der Waals surface area contributed by atoms with Crippen molar-refractivity contribution in [1.82, 2.24) is 5.32 Å². The van der Waals surface area contributed by atoms with Crippen molar-refractivity contribution in [2.45, 2.75) is 53.0 Å². The fourth-order valence-electron chi connectivity index (χ4n) is 2.61. The molecule has 0 saturated heterocycles. The molecule has 0 spiro atoms. The molecule has 0 heterocycles. The Morgan fingerprint density at radius 1 is 1.05 bits per heavy atom. The Labute approximate surface area is 118 Å². The largest absolute Gasteiger partial charge is 0.494 e.